The summed E-state index contributed by atoms with van der Waals surface area (Å²) in [7, 11) is 0. The number of imide groups is 1. The number of ether oxygens (including phenoxy) is 1. The SMILES string of the molecule is O=C(Oc1cccc(N2C(=O)c3cccc([N+](=O)[O-])c3C2=O)c1)[C@H]1CC(=O)N(c2ccccc2Cl)C1. The number of halogens is 1. The van der Waals surface area contributed by atoms with Crippen LogP contribution in [0.15, 0.2) is 66.7 Å². The second-order valence-corrected chi connectivity index (χ2v) is 8.58. The molecule has 2 heterocycles. The van der Waals surface area contributed by atoms with Gasteiger partial charge in [-0.2, -0.15) is 0 Å². The maximum Gasteiger partial charge on any atom is 0.316 e. The quantitative estimate of drug-likeness (QED) is 0.168. The number of hydrogen-bond acceptors (Lipinski definition) is 7. The van der Waals surface area contributed by atoms with Crippen molar-refractivity contribution < 1.29 is 28.8 Å². The van der Waals surface area contributed by atoms with Crippen molar-refractivity contribution in [3.63, 3.8) is 0 Å². The Balaban J connectivity index is 1.35. The first-order valence-corrected chi connectivity index (χ1v) is 11.2. The molecule has 0 N–H and O–H groups in total. The molecule has 10 nitrogen and oxygen atoms in total. The van der Waals surface area contributed by atoms with E-state index < -0.39 is 34.3 Å². The van der Waals surface area contributed by atoms with E-state index in [1.165, 1.54) is 41.3 Å². The molecular formula is C25H16ClN3O7. The van der Waals surface area contributed by atoms with Gasteiger partial charge in [-0.15, -0.1) is 0 Å². The van der Waals surface area contributed by atoms with Gasteiger partial charge >= 0.3 is 5.97 Å². The maximum absolute atomic E-state index is 12.9. The van der Waals surface area contributed by atoms with Crippen LogP contribution in [0.3, 0.4) is 0 Å². The lowest BCUT2D eigenvalue weighted by Crippen LogP contribution is -2.29. The van der Waals surface area contributed by atoms with Crippen LogP contribution >= 0.6 is 11.6 Å². The van der Waals surface area contributed by atoms with Crippen LogP contribution < -0.4 is 14.5 Å². The van der Waals surface area contributed by atoms with Gasteiger partial charge in [0, 0.05) is 25.1 Å². The molecule has 0 bridgehead atoms. The van der Waals surface area contributed by atoms with Crippen molar-refractivity contribution >= 4 is 52.4 Å². The lowest BCUT2D eigenvalue weighted by molar-refractivity contribution is -0.385. The maximum atomic E-state index is 12.9. The zero-order valence-electron chi connectivity index (χ0n) is 18.4. The highest BCUT2D eigenvalue weighted by Crippen LogP contribution is 2.36. The normalized spacial score (nSPS) is 16.9. The third kappa shape index (κ3) is 3.87. The van der Waals surface area contributed by atoms with E-state index in [0.717, 1.165) is 11.0 Å². The number of rotatable bonds is 5. The van der Waals surface area contributed by atoms with Crippen molar-refractivity contribution in [2.24, 2.45) is 5.92 Å². The van der Waals surface area contributed by atoms with Crippen molar-refractivity contribution in [1.29, 1.82) is 0 Å². The predicted molar refractivity (Wildman–Crippen MR) is 128 cm³/mol. The van der Waals surface area contributed by atoms with Crippen LogP contribution in [0.5, 0.6) is 5.75 Å². The Hall–Kier alpha value is -4.57. The monoisotopic (exact) mass is 505 g/mol. The van der Waals surface area contributed by atoms with Crippen molar-refractivity contribution in [2.75, 3.05) is 16.3 Å². The van der Waals surface area contributed by atoms with Gasteiger partial charge in [0.25, 0.3) is 17.5 Å². The molecule has 1 fully saturated rings. The van der Waals surface area contributed by atoms with Crippen molar-refractivity contribution in [2.45, 2.75) is 6.42 Å². The molecule has 0 aromatic heterocycles. The molecule has 1 saturated heterocycles. The highest BCUT2D eigenvalue weighted by atomic mass is 35.5. The molecule has 1 atom stereocenters. The van der Waals surface area contributed by atoms with E-state index in [-0.39, 0.29) is 41.4 Å². The van der Waals surface area contributed by atoms with Crippen LogP contribution in [0.2, 0.25) is 5.02 Å². The molecule has 3 aromatic carbocycles. The first-order chi connectivity index (χ1) is 17.3. The Bertz CT molecular complexity index is 1470. The number of hydrogen-bond donors (Lipinski definition) is 0. The zero-order valence-corrected chi connectivity index (χ0v) is 19.2. The van der Waals surface area contributed by atoms with E-state index in [2.05, 4.69) is 0 Å². The van der Waals surface area contributed by atoms with Crippen LogP contribution in [0, 0.1) is 16.0 Å². The fraction of sp³-hybridized carbons (Fsp3) is 0.120. The van der Waals surface area contributed by atoms with E-state index in [0.29, 0.717) is 10.7 Å². The fourth-order valence-electron chi connectivity index (χ4n) is 4.31. The summed E-state index contributed by atoms with van der Waals surface area (Å²) in [6.45, 7) is 0.0865. The average molecular weight is 506 g/mol. The Labute approximate surface area is 208 Å². The van der Waals surface area contributed by atoms with Gasteiger partial charge < -0.3 is 9.64 Å². The van der Waals surface area contributed by atoms with Gasteiger partial charge in [0.2, 0.25) is 5.91 Å². The Morgan fingerprint density at radius 2 is 1.75 bits per heavy atom. The lowest BCUT2D eigenvalue weighted by atomic mass is 10.1. The summed E-state index contributed by atoms with van der Waals surface area (Å²) in [5.41, 5.74) is -0.258. The van der Waals surface area contributed by atoms with Gasteiger partial charge in [-0.1, -0.05) is 35.9 Å². The number of fused-ring (bicyclic) bond motifs is 1. The summed E-state index contributed by atoms with van der Waals surface area (Å²) in [6.07, 6.45) is -0.0637. The van der Waals surface area contributed by atoms with Gasteiger partial charge in [-0.05, 0) is 30.3 Å². The number of amides is 3. The van der Waals surface area contributed by atoms with Gasteiger partial charge in [0.15, 0.2) is 0 Å². The summed E-state index contributed by atoms with van der Waals surface area (Å²) in [6, 6.07) is 16.3. The van der Waals surface area contributed by atoms with E-state index in [4.69, 9.17) is 16.3 Å². The van der Waals surface area contributed by atoms with E-state index in [1.807, 2.05) is 0 Å². The molecule has 3 aromatic rings. The third-order valence-electron chi connectivity index (χ3n) is 5.99. The first-order valence-electron chi connectivity index (χ1n) is 10.8. The molecule has 180 valence electrons. The molecule has 0 radical (unpaired) electrons. The molecule has 11 heteroatoms. The number of esters is 1. The van der Waals surface area contributed by atoms with Crippen molar-refractivity contribution in [3.8, 4) is 5.75 Å². The zero-order chi connectivity index (χ0) is 25.6. The van der Waals surface area contributed by atoms with Crippen molar-refractivity contribution in [3.05, 3.63) is 93.0 Å². The Morgan fingerprint density at radius 1 is 1.00 bits per heavy atom. The highest BCUT2D eigenvalue weighted by Gasteiger charge is 2.42. The lowest BCUT2D eigenvalue weighted by Gasteiger charge is -2.18. The van der Waals surface area contributed by atoms with E-state index in [1.54, 1.807) is 24.3 Å². The number of carbonyl (C=O) groups is 4. The summed E-state index contributed by atoms with van der Waals surface area (Å²) in [4.78, 5) is 64.0. The van der Waals surface area contributed by atoms with E-state index >= 15 is 0 Å². The van der Waals surface area contributed by atoms with Crippen molar-refractivity contribution in [1.82, 2.24) is 0 Å². The molecule has 2 aliphatic heterocycles. The number of nitro groups is 1. The minimum atomic E-state index is -0.845. The fourth-order valence-corrected chi connectivity index (χ4v) is 4.55. The van der Waals surface area contributed by atoms with E-state index in [9.17, 15) is 29.3 Å². The summed E-state index contributed by atoms with van der Waals surface area (Å²) >= 11 is 6.18. The molecule has 2 aliphatic rings. The number of nitrogens with zero attached hydrogens (tertiary/aromatic N) is 3. The van der Waals surface area contributed by atoms with Gasteiger partial charge in [-0.25, -0.2) is 4.90 Å². The van der Waals surface area contributed by atoms with Crippen LogP contribution in [0.1, 0.15) is 27.1 Å². The molecule has 0 aliphatic carbocycles. The van der Waals surface area contributed by atoms with Crippen LogP contribution in [-0.2, 0) is 9.59 Å². The molecular weight excluding hydrogens is 490 g/mol. The second kappa shape index (κ2) is 8.90. The first kappa shape index (κ1) is 23.2. The van der Waals surface area contributed by atoms with Crippen LogP contribution in [-0.4, -0.2) is 35.2 Å². The molecule has 0 saturated carbocycles. The largest absolute Gasteiger partial charge is 0.426 e. The number of carbonyl (C=O) groups excluding carboxylic acids is 4. The predicted octanol–water partition coefficient (Wildman–Crippen LogP) is 4.01. The summed E-state index contributed by atoms with van der Waals surface area (Å²) in [5.74, 6) is -3.20. The second-order valence-electron chi connectivity index (χ2n) is 8.18. The molecule has 3 amide bonds. The third-order valence-corrected chi connectivity index (χ3v) is 6.31. The number of anilines is 2. The van der Waals surface area contributed by atoms with Crippen LogP contribution in [0.25, 0.3) is 0 Å². The number of benzene rings is 3. The van der Waals surface area contributed by atoms with Crippen LogP contribution in [0.4, 0.5) is 17.1 Å². The molecule has 0 unspecified atom stereocenters. The Kier molecular flexibility index (Phi) is 5.73. The summed E-state index contributed by atoms with van der Waals surface area (Å²) in [5, 5.41) is 11.7. The van der Waals surface area contributed by atoms with Gasteiger partial charge in [0.05, 0.1) is 32.8 Å². The summed E-state index contributed by atoms with van der Waals surface area (Å²) < 4.78 is 5.46. The average Bonchev–Trinajstić information content (AvgIpc) is 3.36. The highest BCUT2D eigenvalue weighted by molar-refractivity contribution is 6.35. The Morgan fingerprint density at radius 3 is 2.50 bits per heavy atom. The molecule has 0 spiro atoms. The standard InChI is InChI=1S/C25H16ClN3O7/c26-18-8-1-2-9-19(18)27-13-14(11-21(27)30)25(33)36-16-6-3-5-15(12-16)28-23(31)17-7-4-10-20(29(34)35)22(17)24(28)32/h1-10,12,14H,11,13H2/t14-/m0/s1. The number of nitro benzene ring substituents is 1. The smallest absolute Gasteiger partial charge is 0.316 e. The number of para-hydroxylation sites is 1. The molecule has 36 heavy (non-hydrogen) atoms. The van der Waals surface area contributed by atoms with Gasteiger partial charge in [-0.3, -0.25) is 29.3 Å². The van der Waals surface area contributed by atoms with Gasteiger partial charge in [0.1, 0.15) is 11.3 Å². The minimum absolute atomic E-state index is 0.0483. The topological polar surface area (TPSA) is 127 Å². The minimum Gasteiger partial charge on any atom is -0.426 e. The molecule has 5 rings (SSSR count).